The molecule has 0 spiro atoms. The van der Waals surface area contributed by atoms with Crippen LogP contribution in [0.4, 0.5) is 0 Å². The quantitative estimate of drug-likeness (QED) is 0.890. The summed E-state index contributed by atoms with van der Waals surface area (Å²) < 4.78 is 0. The van der Waals surface area contributed by atoms with Crippen molar-refractivity contribution in [2.45, 2.75) is 12.8 Å². The molecule has 2 aromatic carbocycles. The monoisotopic (exact) mass is 304 g/mol. The van der Waals surface area contributed by atoms with E-state index in [1.54, 1.807) is 24.3 Å². The number of rotatable bonds is 5. The smallest absolute Gasteiger partial charge is 0.335 e. The Morgan fingerprint density at radius 3 is 2.52 bits per heavy atom. The number of carbonyl (C=O) groups excluding carboxylic acids is 1. The molecule has 0 fully saturated rings. The minimum atomic E-state index is -1.03. The summed E-state index contributed by atoms with van der Waals surface area (Å²) in [6.45, 7) is 0. The van der Waals surface area contributed by atoms with E-state index in [2.05, 4.69) is 0 Å². The summed E-state index contributed by atoms with van der Waals surface area (Å²) in [6, 6.07) is 10.8. The van der Waals surface area contributed by atoms with Gasteiger partial charge in [0.25, 0.3) is 0 Å². The number of aromatic hydroxyl groups is 1. The summed E-state index contributed by atoms with van der Waals surface area (Å²) in [5.74, 6) is -1.14. The van der Waals surface area contributed by atoms with Crippen LogP contribution in [0.25, 0.3) is 0 Å². The number of carboxylic acids is 1. The molecule has 0 saturated heterocycles. The number of Topliss-reactive ketones (excluding diaryl/α,β-unsaturated/α-hetero) is 1. The van der Waals surface area contributed by atoms with E-state index < -0.39 is 5.97 Å². The van der Waals surface area contributed by atoms with Crippen molar-refractivity contribution < 1.29 is 19.8 Å². The predicted octanol–water partition coefficient (Wildman–Crippen LogP) is 3.10. The highest BCUT2D eigenvalue weighted by Gasteiger charge is 2.11. The summed E-state index contributed by atoms with van der Waals surface area (Å²) in [6.07, 6.45) is 0.150. The van der Waals surface area contributed by atoms with Gasteiger partial charge in [0.15, 0.2) is 0 Å². The standard InChI is InChI=1S/C16H13ClO4/c17-13-4-5-15(19)12(8-13)9-14(18)7-10-2-1-3-11(6-10)16(20)21/h1-6,8,19H,7,9H2,(H,20,21). The third-order valence-corrected chi connectivity index (χ3v) is 3.24. The van der Waals surface area contributed by atoms with Crippen molar-refractivity contribution in [2.24, 2.45) is 0 Å². The first kappa shape index (κ1) is 15.1. The lowest BCUT2D eigenvalue weighted by Gasteiger charge is -2.05. The van der Waals surface area contributed by atoms with Gasteiger partial charge in [-0.25, -0.2) is 4.79 Å². The second-order valence-electron chi connectivity index (χ2n) is 4.67. The van der Waals surface area contributed by atoms with Crippen molar-refractivity contribution in [1.82, 2.24) is 0 Å². The maximum atomic E-state index is 12.0. The van der Waals surface area contributed by atoms with Gasteiger partial charge in [0.05, 0.1) is 5.56 Å². The molecule has 0 aliphatic heterocycles. The largest absolute Gasteiger partial charge is 0.508 e. The van der Waals surface area contributed by atoms with Gasteiger partial charge >= 0.3 is 5.97 Å². The fraction of sp³-hybridized carbons (Fsp3) is 0.125. The van der Waals surface area contributed by atoms with Crippen molar-refractivity contribution in [2.75, 3.05) is 0 Å². The summed E-state index contributed by atoms with van der Waals surface area (Å²) in [5.41, 5.74) is 1.23. The Hall–Kier alpha value is -2.33. The van der Waals surface area contributed by atoms with Crippen LogP contribution in [0.2, 0.25) is 5.02 Å². The molecule has 0 radical (unpaired) electrons. The zero-order chi connectivity index (χ0) is 15.4. The zero-order valence-corrected chi connectivity index (χ0v) is 11.8. The van der Waals surface area contributed by atoms with Gasteiger partial charge in [0, 0.05) is 23.4 Å². The van der Waals surface area contributed by atoms with Gasteiger partial charge in [0.1, 0.15) is 11.5 Å². The maximum Gasteiger partial charge on any atom is 0.335 e. The van der Waals surface area contributed by atoms with E-state index in [9.17, 15) is 14.7 Å². The number of phenols is 1. The molecular formula is C16H13ClO4. The minimum absolute atomic E-state index is 0.0204. The number of hydrogen-bond donors (Lipinski definition) is 2. The Balaban J connectivity index is 2.10. The number of hydrogen-bond acceptors (Lipinski definition) is 3. The lowest BCUT2D eigenvalue weighted by atomic mass is 10.0. The van der Waals surface area contributed by atoms with Gasteiger partial charge < -0.3 is 10.2 Å². The zero-order valence-electron chi connectivity index (χ0n) is 11.0. The molecule has 0 atom stereocenters. The number of carbonyl (C=O) groups is 2. The number of aromatic carboxylic acids is 1. The van der Waals surface area contributed by atoms with E-state index in [1.165, 1.54) is 18.2 Å². The van der Waals surface area contributed by atoms with Gasteiger partial charge in [-0.05, 0) is 35.9 Å². The number of benzene rings is 2. The summed E-state index contributed by atoms with van der Waals surface area (Å²) >= 11 is 5.83. The average molecular weight is 305 g/mol. The van der Waals surface area contributed by atoms with Gasteiger partial charge in [0.2, 0.25) is 0 Å². The fourth-order valence-electron chi connectivity index (χ4n) is 2.01. The van der Waals surface area contributed by atoms with Crippen LogP contribution in [0, 0.1) is 0 Å². The first-order valence-corrected chi connectivity index (χ1v) is 6.65. The van der Waals surface area contributed by atoms with E-state index in [-0.39, 0.29) is 29.9 Å². The molecule has 0 aliphatic carbocycles. The molecule has 0 amide bonds. The van der Waals surface area contributed by atoms with Gasteiger partial charge in [-0.2, -0.15) is 0 Å². The lowest BCUT2D eigenvalue weighted by Crippen LogP contribution is -2.07. The Kier molecular flexibility index (Phi) is 4.60. The number of phenolic OH excluding ortho intramolecular Hbond substituents is 1. The minimum Gasteiger partial charge on any atom is -0.508 e. The van der Waals surface area contributed by atoms with Crippen molar-refractivity contribution in [3.05, 3.63) is 64.2 Å². The SMILES string of the molecule is O=C(Cc1cccc(C(=O)O)c1)Cc1cc(Cl)ccc1O. The van der Waals surface area contributed by atoms with Crippen LogP contribution >= 0.6 is 11.6 Å². The molecule has 0 bridgehead atoms. The van der Waals surface area contributed by atoms with Gasteiger partial charge in [-0.1, -0.05) is 23.7 Å². The van der Waals surface area contributed by atoms with Crippen LogP contribution in [0.5, 0.6) is 5.75 Å². The van der Waals surface area contributed by atoms with Crippen LogP contribution in [-0.2, 0) is 17.6 Å². The first-order valence-electron chi connectivity index (χ1n) is 6.27. The topological polar surface area (TPSA) is 74.6 Å². The molecule has 0 aromatic heterocycles. The second kappa shape index (κ2) is 6.41. The van der Waals surface area contributed by atoms with E-state index in [0.29, 0.717) is 16.1 Å². The normalized spacial score (nSPS) is 10.3. The molecule has 21 heavy (non-hydrogen) atoms. The molecule has 108 valence electrons. The maximum absolute atomic E-state index is 12.0. The fourth-order valence-corrected chi connectivity index (χ4v) is 2.21. The first-order chi connectivity index (χ1) is 9.95. The predicted molar refractivity (Wildman–Crippen MR) is 78.9 cm³/mol. The van der Waals surface area contributed by atoms with E-state index >= 15 is 0 Å². The third kappa shape index (κ3) is 4.07. The highest BCUT2D eigenvalue weighted by Crippen LogP contribution is 2.22. The van der Waals surface area contributed by atoms with Crippen molar-refractivity contribution in [1.29, 1.82) is 0 Å². The van der Waals surface area contributed by atoms with Crippen LogP contribution in [0.15, 0.2) is 42.5 Å². The molecule has 0 unspecified atom stereocenters. The lowest BCUT2D eigenvalue weighted by molar-refractivity contribution is -0.117. The molecule has 0 heterocycles. The molecule has 2 rings (SSSR count). The number of halogens is 1. The molecule has 5 heteroatoms. The van der Waals surface area contributed by atoms with Gasteiger partial charge in [-0.15, -0.1) is 0 Å². The summed E-state index contributed by atoms with van der Waals surface area (Å²) in [7, 11) is 0. The summed E-state index contributed by atoms with van der Waals surface area (Å²) in [5, 5.41) is 19.0. The molecular weight excluding hydrogens is 292 g/mol. The van der Waals surface area contributed by atoms with Gasteiger partial charge in [-0.3, -0.25) is 4.79 Å². The third-order valence-electron chi connectivity index (χ3n) is 3.00. The van der Waals surface area contributed by atoms with Crippen LogP contribution in [0.1, 0.15) is 21.5 Å². The number of ketones is 1. The molecule has 0 aliphatic rings. The molecule has 4 nitrogen and oxygen atoms in total. The highest BCUT2D eigenvalue weighted by atomic mass is 35.5. The molecule has 2 aromatic rings. The Labute approximate surface area is 126 Å². The average Bonchev–Trinajstić information content (AvgIpc) is 2.43. The van der Waals surface area contributed by atoms with Crippen molar-refractivity contribution in [3.63, 3.8) is 0 Å². The number of carboxylic acid groups (broad SMARTS) is 1. The second-order valence-corrected chi connectivity index (χ2v) is 5.11. The molecule has 0 saturated carbocycles. The van der Waals surface area contributed by atoms with Crippen molar-refractivity contribution >= 4 is 23.4 Å². The van der Waals surface area contributed by atoms with E-state index in [0.717, 1.165) is 0 Å². The Bertz CT molecular complexity index is 694. The molecule has 2 N–H and O–H groups in total. The highest BCUT2D eigenvalue weighted by molar-refractivity contribution is 6.30. The van der Waals surface area contributed by atoms with Crippen molar-refractivity contribution in [3.8, 4) is 5.75 Å². The van der Waals surface area contributed by atoms with Crippen LogP contribution < -0.4 is 0 Å². The Morgan fingerprint density at radius 2 is 1.81 bits per heavy atom. The van der Waals surface area contributed by atoms with Crippen LogP contribution in [0.3, 0.4) is 0 Å². The van der Waals surface area contributed by atoms with E-state index in [1.807, 2.05) is 0 Å². The van der Waals surface area contributed by atoms with E-state index in [4.69, 9.17) is 16.7 Å². The van der Waals surface area contributed by atoms with Crippen LogP contribution in [-0.4, -0.2) is 22.0 Å². The Morgan fingerprint density at radius 1 is 1.05 bits per heavy atom. The summed E-state index contributed by atoms with van der Waals surface area (Å²) in [4.78, 5) is 22.9.